The molecular formula is C25H21Cl2NO. The largest absolute Gasteiger partial charge is 0.373 e. The number of Topliss-reactive ketones (excluding diaryl/α,β-unsaturated/α-hetero) is 1. The Kier molecular flexibility index (Phi) is 4.27. The van der Waals surface area contributed by atoms with Crippen LogP contribution in [0.25, 0.3) is 16.3 Å². The lowest BCUT2D eigenvalue weighted by Gasteiger charge is -2.40. The normalized spacial score (nSPS) is 20.3. The predicted molar refractivity (Wildman–Crippen MR) is 122 cm³/mol. The third-order valence-electron chi connectivity index (χ3n) is 6.02. The van der Waals surface area contributed by atoms with E-state index in [1.807, 2.05) is 12.1 Å². The van der Waals surface area contributed by atoms with E-state index >= 15 is 0 Å². The molecule has 3 aromatic carbocycles. The molecule has 0 unspecified atom stereocenters. The Balaban J connectivity index is 1.80. The lowest BCUT2D eigenvalue weighted by Crippen LogP contribution is -2.33. The molecule has 0 aromatic heterocycles. The van der Waals surface area contributed by atoms with E-state index in [-0.39, 0.29) is 17.2 Å². The van der Waals surface area contributed by atoms with E-state index in [1.54, 1.807) is 6.07 Å². The van der Waals surface area contributed by atoms with Crippen LogP contribution in [0.2, 0.25) is 10.0 Å². The van der Waals surface area contributed by atoms with Gasteiger partial charge in [0.05, 0.1) is 16.1 Å². The molecule has 146 valence electrons. The third kappa shape index (κ3) is 3.06. The number of allylic oxidation sites excluding steroid dienone is 1. The fourth-order valence-corrected chi connectivity index (χ4v) is 5.09. The Morgan fingerprint density at radius 3 is 2.55 bits per heavy atom. The number of halogens is 2. The van der Waals surface area contributed by atoms with Crippen molar-refractivity contribution in [3.63, 3.8) is 0 Å². The summed E-state index contributed by atoms with van der Waals surface area (Å²) in [5, 5.41) is 7.01. The third-order valence-corrected chi connectivity index (χ3v) is 6.76. The summed E-state index contributed by atoms with van der Waals surface area (Å²) in [6.45, 7) is 4.35. The van der Waals surface area contributed by atoms with E-state index in [1.165, 1.54) is 10.8 Å². The zero-order valence-electron chi connectivity index (χ0n) is 16.4. The fourth-order valence-electron chi connectivity index (χ4n) is 4.78. The topological polar surface area (TPSA) is 29.1 Å². The highest BCUT2D eigenvalue weighted by Crippen LogP contribution is 2.52. The Morgan fingerprint density at radius 2 is 1.76 bits per heavy atom. The number of carbonyl (C=O) groups excluding carboxylic acids is 1. The van der Waals surface area contributed by atoms with Crippen LogP contribution in [-0.2, 0) is 4.79 Å². The van der Waals surface area contributed by atoms with Gasteiger partial charge in [0.1, 0.15) is 0 Å². The van der Waals surface area contributed by atoms with Gasteiger partial charge in [-0.05, 0) is 51.9 Å². The zero-order chi connectivity index (χ0) is 20.3. The van der Waals surface area contributed by atoms with Crippen LogP contribution in [0.1, 0.15) is 43.9 Å². The summed E-state index contributed by atoms with van der Waals surface area (Å²) in [5.74, 6) is 0.207. The summed E-state index contributed by atoms with van der Waals surface area (Å²) in [6.07, 6.45) is 1.42. The van der Waals surface area contributed by atoms with Crippen molar-refractivity contribution in [1.82, 2.24) is 0 Å². The first-order valence-corrected chi connectivity index (χ1v) is 10.6. The number of benzene rings is 3. The SMILES string of the molecule is CC1(C)CC(=O)C2=C(C1)c1c(ccc3ccccc13)N[C@@H]2c1ccc(Cl)c(Cl)c1. The zero-order valence-corrected chi connectivity index (χ0v) is 17.9. The molecule has 1 N–H and O–H groups in total. The first-order chi connectivity index (χ1) is 13.8. The van der Waals surface area contributed by atoms with Gasteiger partial charge in [0.15, 0.2) is 5.78 Å². The first-order valence-electron chi connectivity index (χ1n) is 9.84. The van der Waals surface area contributed by atoms with Crippen molar-refractivity contribution in [3.05, 3.63) is 81.3 Å². The summed E-state index contributed by atoms with van der Waals surface area (Å²) in [6, 6.07) is 18.0. The minimum Gasteiger partial charge on any atom is -0.373 e. The van der Waals surface area contributed by atoms with Gasteiger partial charge in [-0.25, -0.2) is 0 Å². The number of hydrogen-bond acceptors (Lipinski definition) is 2. The minimum atomic E-state index is -0.225. The Bertz CT molecular complexity index is 1210. The van der Waals surface area contributed by atoms with Crippen LogP contribution in [-0.4, -0.2) is 5.78 Å². The van der Waals surface area contributed by atoms with Gasteiger partial charge >= 0.3 is 0 Å². The van der Waals surface area contributed by atoms with Crippen molar-refractivity contribution in [2.24, 2.45) is 5.41 Å². The molecule has 1 atom stereocenters. The number of fused-ring (bicyclic) bond motifs is 4. The molecule has 2 nitrogen and oxygen atoms in total. The maximum Gasteiger partial charge on any atom is 0.162 e. The highest BCUT2D eigenvalue weighted by atomic mass is 35.5. The van der Waals surface area contributed by atoms with Crippen molar-refractivity contribution in [1.29, 1.82) is 0 Å². The molecule has 0 fully saturated rings. The fraction of sp³-hybridized carbons (Fsp3) is 0.240. The quantitative estimate of drug-likeness (QED) is 0.441. The van der Waals surface area contributed by atoms with E-state index in [2.05, 4.69) is 55.6 Å². The van der Waals surface area contributed by atoms with E-state index < -0.39 is 0 Å². The van der Waals surface area contributed by atoms with Crippen LogP contribution in [0, 0.1) is 5.41 Å². The first kappa shape index (κ1) is 18.7. The maximum absolute atomic E-state index is 13.4. The lowest BCUT2D eigenvalue weighted by atomic mass is 9.68. The van der Waals surface area contributed by atoms with Crippen molar-refractivity contribution >= 4 is 51.0 Å². The van der Waals surface area contributed by atoms with Crippen molar-refractivity contribution in [2.45, 2.75) is 32.7 Å². The van der Waals surface area contributed by atoms with Gasteiger partial charge in [-0.2, -0.15) is 0 Å². The molecule has 3 aromatic rings. The van der Waals surface area contributed by atoms with Crippen LogP contribution < -0.4 is 5.32 Å². The second-order valence-electron chi connectivity index (χ2n) is 8.79. The molecule has 0 amide bonds. The molecule has 0 saturated carbocycles. The van der Waals surface area contributed by atoms with Crippen LogP contribution >= 0.6 is 23.2 Å². The summed E-state index contributed by atoms with van der Waals surface area (Å²) in [5.41, 5.74) is 5.14. The summed E-state index contributed by atoms with van der Waals surface area (Å²) in [7, 11) is 0. The molecule has 1 heterocycles. The van der Waals surface area contributed by atoms with Crippen molar-refractivity contribution in [2.75, 3.05) is 5.32 Å². The van der Waals surface area contributed by atoms with Crippen molar-refractivity contribution < 1.29 is 4.79 Å². The summed E-state index contributed by atoms with van der Waals surface area (Å²) < 4.78 is 0. The van der Waals surface area contributed by atoms with E-state index in [0.717, 1.165) is 34.4 Å². The number of anilines is 1. The molecule has 1 aliphatic carbocycles. The average molecular weight is 422 g/mol. The molecule has 0 saturated heterocycles. The van der Waals surface area contributed by atoms with Crippen LogP contribution in [0.5, 0.6) is 0 Å². The smallest absolute Gasteiger partial charge is 0.162 e. The summed E-state index contributed by atoms with van der Waals surface area (Å²) >= 11 is 12.4. The van der Waals surface area contributed by atoms with Gasteiger partial charge < -0.3 is 5.32 Å². The molecular weight excluding hydrogens is 401 g/mol. The molecule has 4 heteroatoms. The van der Waals surface area contributed by atoms with Crippen LogP contribution in [0.3, 0.4) is 0 Å². The van der Waals surface area contributed by atoms with Gasteiger partial charge in [-0.3, -0.25) is 4.79 Å². The number of hydrogen-bond donors (Lipinski definition) is 1. The monoisotopic (exact) mass is 421 g/mol. The number of carbonyl (C=O) groups is 1. The van der Waals surface area contributed by atoms with Gasteiger partial charge in [0.2, 0.25) is 0 Å². The average Bonchev–Trinajstić information content (AvgIpc) is 2.68. The summed E-state index contributed by atoms with van der Waals surface area (Å²) in [4.78, 5) is 13.4. The van der Waals surface area contributed by atoms with Gasteiger partial charge in [0.25, 0.3) is 0 Å². The number of nitrogens with one attached hydrogen (secondary N) is 1. The molecule has 29 heavy (non-hydrogen) atoms. The second-order valence-corrected chi connectivity index (χ2v) is 9.61. The second kappa shape index (κ2) is 6.62. The molecule has 0 bridgehead atoms. The van der Waals surface area contributed by atoms with Gasteiger partial charge in [-0.1, -0.05) is 73.4 Å². The van der Waals surface area contributed by atoms with E-state index in [4.69, 9.17) is 23.2 Å². The number of rotatable bonds is 1. The van der Waals surface area contributed by atoms with Crippen LogP contribution in [0.15, 0.2) is 60.2 Å². The standard InChI is InChI=1S/C25H21Cl2NO/c1-25(2)12-17-22-16-6-4-3-5-14(16)8-10-20(22)28-24(23(17)21(29)13-25)15-7-9-18(26)19(27)11-15/h3-11,24,28H,12-13H2,1-2H3/t24-/m1/s1. The Morgan fingerprint density at radius 1 is 0.966 bits per heavy atom. The van der Waals surface area contributed by atoms with Crippen LogP contribution in [0.4, 0.5) is 5.69 Å². The Labute approximate surface area is 180 Å². The molecule has 5 rings (SSSR count). The van der Waals surface area contributed by atoms with Gasteiger partial charge in [-0.15, -0.1) is 0 Å². The highest BCUT2D eigenvalue weighted by Gasteiger charge is 2.40. The van der Waals surface area contributed by atoms with Crippen molar-refractivity contribution in [3.8, 4) is 0 Å². The van der Waals surface area contributed by atoms with E-state index in [0.29, 0.717) is 16.5 Å². The van der Waals surface area contributed by atoms with Gasteiger partial charge in [0, 0.05) is 23.2 Å². The molecule has 0 spiro atoms. The lowest BCUT2D eigenvalue weighted by molar-refractivity contribution is -0.118. The maximum atomic E-state index is 13.4. The highest BCUT2D eigenvalue weighted by molar-refractivity contribution is 6.42. The predicted octanol–water partition coefficient (Wildman–Crippen LogP) is 7.46. The number of ketones is 1. The Hall–Kier alpha value is -2.29. The molecule has 1 aliphatic heterocycles. The molecule has 2 aliphatic rings. The minimum absolute atomic E-state index is 0.0658. The van der Waals surface area contributed by atoms with E-state index in [9.17, 15) is 4.79 Å². The molecule has 0 radical (unpaired) electrons.